The molecular formula is C21H22N2O6. The second-order valence-electron chi connectivity index (χ2n) is 6.66. The van der Waals surface area contributed by atoms with E-state index in [0.29, 0.717) is 0 Å². The standard InChI is InChI=1S/C21H22N2O6/c1-2-28-19-11-10-15(12-18(19)23(26)27)21(25)29-13-20(24)22-17-9-5-7-14-6-3-4-8-16(14)17/h3-4,6,8,10-12,17H,2,5,7,9,13H2,1H3,(H,22,24)/t17-/m1/s1. The van der Waals surface area contributed by atoms with Crippen molar-refractivity contribution in [2.75, 3.05) is 13.2 Å². The number of nitro benzene ring substituents is 1. The number of nitrogens with zero attached hydrogens (tertiary/aromatic N) is 1. The van der Waals surface area contributed by atoms with Crippen molar-refractivity contribution in [1.82, 2.24) is 5.32 Å². The zero-order valence-corrected chi connectivity index (χ0v) is 16.1. The van der Waals surface area contributed by atoms with E-state index in [0.717, 1.165) is 30.9 Å². The Morgan fingerprint density at radius 3 is 2.79 bits per heavy atom. The molecule has 29 heavy (non-hydrogen) atoms. The minimum absolute atomic E-state index is 0.0176. The van der Waals surface area contributed by atoms with Crippen molar-refractivity contribution in [2.45, 2.75) is 32.2 Å². The number of carbonyl (C=O) groups excluding carboxylic acids is 2. The molecule has 1 aliphatic rings. The van der Waals surface area contributed by atoms with Crippen LogP contribution in [0.1, 0.15) is 47.3 Å². The van der Waals surface area contributed by atoms with Crippen LogP contribution in [0.25, 0.3) is 0 Å². The summed E-state index contributed by atoms with van der Waals surface area (Å²) in [5.41, 5.74) is 1.95. The van der Waals surface area contributed by atoms with Gasteiger partial charge in [-0.05, 0) is 49.4 Å². The number of ether oxygens (including phenoxy) is 2. The zero-order chi connectivity index (χ0) is 20.8. The van der Waals surface area contributed by atoms with Gasteiger partial charge in [0.25, 0.3) is 5.91 Å². The first kappa shape index (κ1) is 20.3. The molecule has 0 spiro atoms. The van der Waals surface area contributed by atoms with Gasteiger partial charge in [-0.1, -0.05) is 24.3 Å². The number of nitro groups is 1. The van der Waals surface area contributed by atoms with Crippen molar-refractivity contribution >= 4 is 17.6 Å². The van der Waals surface area contributed by atoms with E-state index in [1.165, 1.54) is 17.7 Å². The van der Waals surface area contributed by atoms with Crippen LogP contribution in [0.2, 0.25) is 0 Å². The van der Waals surface area contributed by atoms with Gasteiger partial charge in [0.05, 0.1) is 23.1 Å². The van der Waals surface area contributed by atoms with Gasteiger partial charge in [0.2, 0.25) is 0 Å². The molecule has 8 heteroatoms. The van der Waals surface area contributed by atoms with E-state index in [-0.39, 0.29) is 29.6 Å². The number of amides is 1. The van der Waals surface area contributed by atoms with Gasteiger partial charge in [-0.15, -0.1) is 0 Å². The van der Waals surface area contributed by atoms with E-state index in [4.69, 9.17) is 9.47 Å². The van der Waals surface area contributed by atoms with Gasteiger partial charge in [0.1, 0.15) is 0 Å². The van der Waals surface area contributed by atoms with Crippen molar-refractivity contribution in [3.8, 4) is 5.75 Å². The van der Waals surface area contributed by atoms with Crippen LogP contribution in [0, 0.1) is 10.1 Å². The summed E-state index contributed by atoms with van der Waals surface area (Å²) in [7, 11) is 0. The van der Waals surface area contributed by atoms with Crippen molar-refractivity contribution < 1.29 is 24.0 Å². The van der Waals surface area contributed by atoms with Crippen molar-refractivity contribution in [3.63, 3.8) is 0 Å². The van der Waals surface area contributed by atoms with Gasteiger partial charge in [0.15, 0.2) is 12.4 Å². The van der Waals surface area contributed by atoms with Crippen LogP contribution in [0.3, 0.4) is 0 Å². The maximum absolute atomic E-state index is 12.3. The quantitative estimate of drug-likeness (QED) is 0.435. The van der Waals surface area contributed by atoms with Gasteiger partial charge >= 0.3 is 11.7 Å². The van der Waals surface area contributed by atoms with E-state index >= 15 is 0 Å². The molecule has 0 saturated carbocycles. The Bertz CT molecular complexity index is 927. The average Bonchev–Trinajstić information content (AvgIpc) is 2.72. The number of rotatable bonds is 7. The monoisotopic (exact) mass is 398 g/mol. The molecule has 0 aromatic heterocycles. The first-order valence-electron chi connectivity index (χ1n) is 9.45. The normalized spacial score (nSPS) is 15.1. The fourth-order valence-corrected chi connectivity index (χ4v) is 3.42. The van der Waals surface area contributed by atoms with Crippen LogP contribution in [-0.4, -0.2) is 30.0 Å². The van der Waals surface area contributed by atoms with E-state index in [2.05, 4.69) is 5.32 Å². The van der Waals surface area contributed by atoms with Crippen molar-refractivity contribution in [1.29, 1.82) is 0 Å². The molecule has 8 nitrogen and oxygen atoms in total. The van der Waals surface area contributed by atoms with Crippen LogP contribution >= 0.6 is 0 Å². The predicted molar refractivity (Wildman–Crippen MR) is 105 cm³/mol. The molecule has 0 saturated heterocycles. The summed E-state index contributed by atoms with van der Waals surface area (Å²) in [5, 5.41) is 14.1. The van der Waals surface area contributed by atoms with Crippen LogP contribution in [0.4, 0.5) is 5.69 Å². The van der Waals surface area contributed by atoms with Crippen LogP contribution in [0.5, 0.6) is 5.75 Å². The van der Waals surface area contributed by atoms with Crippen molar-refractivity contribution in [2.24, 2.45) is 0 Å². The lowest BCUT2D eigenvalue weighted by Crippen LogP contribution is -2.34. The molecule has 0 bridgehead atoms. The van der Waals surface area contributed by atoms with Crippen LogP contribution < -0.4 is 10.1 Å². The number of hydrogen-bond donors (Lipinski definition) is 1. The molecule has 0 fully saturated rings. The first-order valence-corrected chi connectivity index (χ1v) is 9.45. The summed E-state index contributed by atoms with van der Waals surface area (Å²) in [6.45, 7) is 1.50. The van der Waals surface area contributed by atoms with Gasteiger partial charge in [-0.2, -0.15) is 0 Å². The van der Waals surface area contributed by atoms with E-state index in [1.54, 1.807) is 6.92 Å². The molecule has 0 heterocycles. The second kappa shape index (κ2) is 9.18. The third kappa shape index (κ3) is 4.90. The Balaban J connectivity index is 1.60. The summed E-state index contributed by atoms with van der Waals surface area (Å²) < 4.78 is 10.2. The highest BCUT2D eigenvalue weighted by Crippen LogP contribution is 2.30. The first-order chi connectivity index (χ1) is 14.0. The molecule has 1 aliphatic carbocycles. The molecule has 1 amide bonds. The Kier molecular flexibility index (Phi) is 6.43. The fraction of sp³-hybridized carbons (Fsp3) is 0.333. The Hall–Kier alpha value is -3.42. The minimum atomic E-state index is -0.810. The summed E-state index contributed by atoms with van der Waals surface area (Å²) in [5.74, 6) is -1.15. The fourth-order valence-electron chi connectivity index (χ4n) is 3.42. The molecule has 2 aromatic carbocycles. The number of fused-ring (bicyclic) bond motifs is 1. The Morgan fingerprint density at radius 1 is 1.24 bits per heavy atom. The topological polar surface area (TPSA) is 108 Å². The molecule has 152 valence electrons. The molecule has 0 unspecified atom stereocenters. The lowest BCUT2D eigenvalue weighted by atomic mass is 9.88. The molecular weight excluding hydrogens is 376 g/mol. The van der Waals surface area contributed by atoms with Gasteiger partial charge in [0, 0.05) is 6.07 Å². The van der Waals surface area contributed by atoms with Crippen molar-refractivity contribution in [3.05, 3.63) is 69.3 Å². The van der Waals surface area contributed by atoms with Gasteiger partial charge in [-0.3, -0.25) is 14.9 Å². The van der Waals surface area contributed by atoms with Crippen LogP contribution in [-0.2, 0) is 16.0 Å². The SMILES string of the molecule is CCOc1ccc(C(=O)OCC(=O)N[C@@H]2CCCc3ccccc32)cc1[N+](=O)[O-]. The van der Waals surface area contributed by atoms with E-state index < -0.39 is 23.4 Å². The Morgan fingerprint density at radius 2 is 2.03 bits per heavy atom. The van der Waals surface area contributed by atoms with Gasteiger partial charge in [-0.25, -0.2) is 4.79 Å². The number of esters is 1. The number of hydrogen-bond acceptors (Lipinski definition) is 6. The lowest BCUT2D eigenvalue weighted by Gasteiger charge is -2.26. The molecule has 2 aromatic rings. The maximum Gasteiger partial charge on any atom is 0.338 e. The summed E-state index contributed by atoms with van der Waals surface area (Å²) in [4.78, 5) is 35.0. The molecule has 0 aliphatic heterocycles. The molecule has 1 N–H and O–H groups in total. The lowest BCUT2D eigenvalue weighted by molar-refractivity contribution is -0.385. The molecule has 0 radical (unpaired) electrons. The Labute approximate surface area is 168 Å². The van der Waals surface area contributed by atoms with E-state index in [1.807, 2.05) is 24.3 Å². The molecule has 3 rings (SSSR count). The summed E-state index contributed by atoms with van der Waals surface area (Å²) in [6, 6.07) is 11.6. The maximum atomic E-state index is 12.3. The smallest absolute Gasteiger partial charge is 0.338 e. The highest BCUT2D eigenvalue weighted by atomic mass is 16.6. The largest absolute Gasteiger partial charge is 0.487 e. The summed E-state index contributed by atoms with van der Waals surface area (Å²) in [6.07, 6.45) is 2.77. The molecule has 1 atom stereocenters. The number of carbonyl (C=O) groups is 2. The third-order valence-corrected chi connectivity index (χ3v) is 4.73. The van der Waals surface area contributed by atoms with E-state index in [9.17, 15) is 19.7 Å². The summed E-state index contributed by atoms with van der Waals surface area (Å²) >= 11 is 0. The average molecular weight is 398 g/mol. The zero-order valence-electron chi connectivity index (χ0n) is 16.1. The van der Waals surface area contributed by atoms with Gasteiger partial charge < -0.3 is 14.8 Å². The highest BCUT2D eigenvalue weighted by molar-refractivity contribution is 5.92. The second-order valence-corrected chi connectivity index (χ2v) is 6.66. The third-order valence-electron chi connectivity index (χ3n) is 4.73. The number of benzene rings is 2. The minimum Gasteiger partial charge on any atom is -0.487 e. The highest BCUT2D eigenvalue weighted by Gasteiger charge is 2.23. The number of nitrogens with one attached hydrogen (secondary N) is 1. The number of aryl methyl sites for hydroxylation is 1. The predicted octanol–water partition coefficient (Wildman–Crippen LogP) is 3.34. The van der Waals surface area contributed by atoms with Crippen LogP contribution in [0.15, 0.2) is 42.5 Å².